The highest BCUT2D eigenvalue weighted by molar-refractivity contribution is 7.90. The Bertz CT molecular complexity index is 1440. The summed E-state index contributed by atoms with van der Waals surface area (Å²) in [5.74, 6) is -1.52. The fourth-order valence-electron chi connectivity index (χ4n) is 3.76. The molecule has 0 saturated heterocycles. The van der Waals surface area contributed by atoms with Crippen LogP contribution in [0.3, 0.4) is 0 Å². The summed E-state index contributed by atoms with van der Waals surface area (Å²) in [4.78, 5) is 16.7. The molecule has 0 aliphatic carbocycles. The summed E-state index contributed by atoms with van der Waals surface area (Å²) >= 11 is 0. The second kappa shape index (κ2) is 9.79. The predicted molar refractivity (Wildman–Crippen MR) is 128 cm³/mol. The number of nitrogens with one attached hydrogen (secondary N) is 3. The van der Waals surface area contributed by atoms with Crippen molar-refractivity contribution in [2.24, 2.45) is 7.05 Å². The largest absolute Gasteiger partial charge is 0.372 e. The Labute approximate surface area is 202 Å². The Kier molecular flexibility index (Phi) is 6.79. The first kappa shape index (κ1) is 24.3. The number of nitriles is 1. The zero-order chi connectivity index (χ0) is 25.2. The van der Waals surface area contributed by atoms with E-state index in [0.29, 0.717) is 12.2 Å². The number of carbonyl (C=O) groups excluding carboxylic acids is 1. The monoisotopic (exact) mass is 494 g/mol. The van der Waals surface area contributed by atoms with E-state index in [1.54, 1.807) is 25.3 Å². The van der Waals surface area contributed by atoms with Gasteiger partial charge in [0.2, 0.25) is 5.95 Å². The summed E-state index contributed by atoms with van der Waals surface area (Å²) in [6.07, 6.45) is 4.39. The van der Waals surface area contributed by atoms with E-state index >= 15 is 0 Å². The van der Waals surface area contributed by atoms with Gasteiger partial charge in [0.25, 0.3) is 5.91 Å². The standard InChI is InChI=1S/C24H23FN6O3S/c1-15(34-14-16-6-4-3-5-7-16)20-9-8-19-21(35(27,33)30-20)13-31(2)23(19)24(32)29-17-10-18(12-26)28-22(25)11-17/h3-11,13,15,20H,14H2,1-2H3,(H2,27,30,33)(H,28,29,32)/t15-,20-,35?/m1/s1. The summed E-state index contributed by atoms with van der Waals surface area (Å²) in [7, 11) is -1.90. The van der Waals surface area contributed by atoms with Gasteiger partial charge >= 0.3 is 0 Å². The zero-order valence-electron chi connectivity index (χ0n) is 19.0. The number of pyridine rings is 1. The van der Waals surface area contributed by atoms with Crippen molar-refractivity contribution in [2.45, 2.75) is 30.6 Å². The van der Waals surface area contributed by atoms with Crippen molar-refractivity contribution in [3.05, 3.63) is 83.2 Å². The fourth-order valence-corrected chi connectivity index (χ4v) is 5.32. The van der Waals surface area contributed by atoms with E-state index in [4.69, 9.17) is 14.8 Å². The Balaban J connectivity index is 1.60. The van der Waals surface area contributed by atoms with Crippen molar-refractivity contribution in [1.29, 1.82) is 10.0 Å². The number of anilines is 1. The van der Waals surface area contributed by atoms with Crippen LogP contribution in [0.25, 0.3) is 6.08 Å². The molecular formula is C24H23FN6O3S. The van der Waals surface area contributed by atoms with E-state index in [9.17, 15) is 13.4 Å². The van der Waals surface area contributed by atoms with Gasteiger partial charge in [0.1, 0.15) is 27.4 Å². The number of fused-ring (bicyclic) bond motifs is 1. The average Bonchev–Trinajstić information content (AvgIpc) is 3.11. The number of halogens is 1. The molecule has 1 aliphatic heterocycles. The van der Waals surface area contributed by atoms with Gasteiger partial charge in [0, 0.05) is 30.6 Å². The molecular weight excluding hydrogens is 471 g/mol. The van der Waals surface area contributed by atoms with Gasteiger partial charge in [-0.1, -0.05) is 42.5 Å². The number of aromatic nitrogens is 2. The fraction of sp³-hybridized carbons (Fsp3) is 0.208. The Morgan fingerprint density at radius 2 is 2.14 bits per heavy atom. The van der Waals surface area contributed by atoms with Crippen molar-refractivity contribution in [1.82, 2.24) is 14.3 Å². The summed E-state index contributed by atoms with van der Waals surface area (Å²) < 4.78 is 45.8. The van der Waals surface area contributed by atoms with Crippen LogP contribution in [0.15, 0.2) is 59.6 Å². The molecule has 3 aromatic rings. The first-order chi connectivity index (χ1) is 16.7. The van der Waals surface area contributed by atoms with Gasteiger partial charge in [0.05, 0.1) is 23.6 Å². The van der Waals surface area contributed by atoms with Crippen LogP contribution in [-0.2, 0) is 28.3 Å². The molecule has 0 bridgehead atoms. The molecule has 4 rings (SSSR count). The van der Waals surface area contributed by atoms with Crippen LogP contribution in [-0.4, -0.2) is 31.8 Å². The van der Waals surface area contributed by atoms with E-state index in [1.165, 1.54) is 16.8 Å². The van der Waals surface area contributed by atoms with Crippen LogP contribution in [0.2, 0.25) is 0 Å². The molecule has 9 nitrogen and oxygen atoms in total. The minimum atomic E-state index is -3.49. The molecule has 0 saturated carbocycles. The molecule has 1 amide bonds. The smallest absolute Gasteiger partial charge is 0.272 e. The quantitative estimate of drug-likeness (QED) is 0.451. The average molecular weight is 495 g/mol. The van der Waals surface area contributed by atoms with Crippen LogP contribution in [0.1, 0.15) is 34.2 Å². The summed E-state index contributed by atoms with van der Waals surface area (Å²) in [6, 6.07) is 13.0. The topological polar surface area (TPSA) is 133 Å². The van der Waals surface area contributed by atoms with Crippen molar-refractivity contribution in [3.8, 4) is 6.07 Å². The minimum absolute atomic E-state index is 0.0529. The number of nitrogens with zero attached hydrogens (tertiary/aromatic N) is 3. The summed E-state index contributed by atoms with van der Waals surface area (Å²) in [5.41, 5.74) is 1.30. The first-order valence-electron chi connectivity index (χ1n) is 10.7. The first-order valence-corrected chi connectivity index (χ1v) is 12.2. The van der Waals surface area contributed by atoms with E-state index in [-0.39, 0.29) is 22.0 Å². The second-order valence-corrected chi connectivity index (χ2v) is 9.84. The molecule has 3 atom stereocenters. The minimum Gasteiger partial charge on any atom is -0.372 e. The molecule has 3 heterocycles. The maximum absolute atomic E-state index is 13.7. The van der Waals surface area contributed by atoms with Crippen molar-refractivity contribution in [2.75, 3.05) is 5.32 Å². The van der Waals surface area contributed by atoms with E-state index in [0.717, 1.165) is 11.6 Å². The third-order valence-electron chi connectivity index (χ3n) is 5.51. The molecule has 1 aromatic carbocycles. The number of amides is 1. The van der Waals surface area contributed by atoms with Gasteiger partial charge in [-0.25, -0.2) is 18.7 Å². The van der Waals surface area contributed by atoms with E-state index < -0.39 is 33.9 Å². The number of rotatable bonds is 6. The number of carbonyl (C=O) groups is 1. The van der Waals surface area contributed by atoms with Crippen molar-refractivity contribution >= 4 is 27.6 Å². The number of hydrogen-bond acceptors (Lipinski definition) is 6. The Morgan fingerprint density at radius 3 is 2.86 bits per heavy atom. The third-order valence-corrected chi connectivity index (χ3v) is 7.06. The van der Waals surface area contributed by atoms with E-state index in [1.807, 2.05) is 37.3 Å². The normalized spacial score (nSPS) is 19.9. The Morgan fingerprint density at radius 1 is 1.40 bits per heavy atom. The summed E-state index contributed by atoms with van der Waals surface area (Å²) in [5, 5.41) is 11.5. The lowest BCUT2D eigenvalue weighted by atomic mass is 10.1. The van der Waals surface area contributed by atoms with Gasteiger partial charge < -0.3 is 14.6 Å². The Hall–Kier alpha value is -3.85. The molecule has 180 valence electrons. The lowest BCUT2D eigenvalue weighted by Gasteiger charge is -2.22. The highest BCUT2D eigenvalue weighted by atomic mass is 32.2. The van der Waals surface area contributed by atoms with Gasteiger partial charge in [0.15, 0.2) is 0 Å². The van der Waals surface area contributed by atoms with Crippen LogP contribution >= 0.6 is 0 Å². The van der Waals surface area contributed by atoms with Gasteiger partial charge in [-0.2, -0.15) is 9.65 Å². The number of benzene rings is 1. The van der Waals surface area contributed by atoms with Gasteiger partial charge in [-0.3, -0.25) is 4.79 Å². The number of hydrogen-bond donors (Lipinski definition) is 3. The lowest BCUT2D eigenvalue weighted by Crippen LogP contribution is -2.40. The van der Waals surface area contributed by atoms with Crippen molar-refractivity contribution < 1.29 is 18.1 Å². The SMILES string of the molecule is C[C@@H](OCc1ccccc1)[C@H]1C=Cc2c(cn(C)c2C(=O)Nc2cc(F)nc(C#N)c2)S(=N)(=O)N1. The molecule has 1 unspecified atom stereocenters. The molecule has 1 aliphatic rings. The molecule has 0 spiro atoms. The second-order valence-electron chi connectivity index (χ2n) is 8.06. The van der Waals surface area contributed by atoms with Gasteiger partial charge in [-0.05, 0) is 18.6 Å². The van der Waals surface area contributed by atoms with Crippen LogP contribution < -0.4 is 10.0 Å². The highest BCUT2D eigenvalue weighted by Gasteiger charge is 2.30. The number of ether oxygens (including phenoxy) is 1. The van der Waals surface area contributed by atoms with Crippen LogP contribution in [0.4, 0.5) is 10.1 Å². The van der Waals surface area contributed by atoms with E-state index in [2.05, 4.69) is 15.0 Å². The van der Waals surface area contributed by atoms with Crippen LogP contribution in [0.5, 0.6) is 0 Å². The molecule has 2 aromatic heterocycles. The molecule has 0 radical (unpaired) electrons. The maximum atomic E-state index is 13.7. The summed E-state index contributed by atoms with van der Waals surface area (Å²) in [6.45, 7) is 2.16. The highest BCUT2D eigenvalue weighted by Crippen LogP contribution is 2.28. The molecule has 11 heteroatoms. The van der Waals surface area contributed by atoms with Crippen molar-refractivity contribution in [3.63, 3.8) is 0 Å². The molecule has 0 fully saturated rings. The van der Waals surface area contributed by atoms with Crippen LogP contribution in [0, 0.1) is 22.1 Å². The third kappa shape index (κ3) is 5.30. The van der Waals surface area contributed by atoms with Gasteiger partial charge in [-0.15, -0.1) is 0 Å². The molecule has 3 N–H and O–H groups in total. The molecule has 35 heavy (non-hydrogen) atoms. The number of aryl methyl sites for hydroxylation is 1. The zero-order valence-corrected chi connectivity index (χ0v) is 19.8. The lowest BCUT2D eigenvalue weighted by molar-refractivity contribution is 0.0425. The predicted octanol–water partition coefficient (Wildman–Crippen LogP) is 3.59. The maximum Gasteiger partial charge on any atom is 0.272 e.